The second kappa shape index (κ2) is 5.76. The van der Waals surface area contributed by atoms with E-state index in [-0.39, 0.29) is 13.0 Å². The molecule has 1 aromatic heterocycles. The first kappa shape index (κ1) is 12.7. The molecule has 1 aliphatic heterocycles. The quantitative estimate of drug-likeness (QED) is 0.623. The van der Waals surface area contributed by atoms with Crippen LogP contribution in [0.15, 0.2) is 22.0 Å². The number of nitrogens with two attached hydrogens (primary N) is 1. The molecule has 2 rings (SSSR count). The van der Waals surface area contributed by atoms with Crippen LogP contribution in [0.4, 0.5) is 5.95 Å². The molecule has 1 aliphatic rings. The van der Waals surface area contributed by atoms with E-state index in [1.807, 2.05) is 4.90 Å². The maximum atomic E-state index is 10.5. The largest absolute Gasteiger partial charge is 0.395 e. The minimum absolute atomic E-state index is 0.177. The molecular formula is C10H12BrN5O2. The molecule has 0 radical (unpaired) electrons. The Kier molecular flexibility index (Phi) is 4.08. The Hall–Kier alpha value is -1.70. The molecule has 0 unspecified atom stereocenters. The lowest BCUT2D eigenvalue weighted by molar-refractivity contribution is -0.119. The van der Waals surface area contributed by atoms with E-state index < -0.39 is 5.91 Å². The first-order chi connectivity index (χ1) is 8.65. The molecule has 8 heteroatoms. The molecule has 1 aromatic rings. The van der Waals surface area contributed by atoms with Gasteiger partial charge in [0.1, 0.15) is 6.61 Å². The molecule has 0 spiro atoms. The van der Waals surface area contributed by atoms with E-state index in [9.17, 15) is 4.79 Å². The monoisotopic (exact) mass is 313 g/mol. The average molecular weight is 314 g/mol. The van der Waals surface area contributed by atoms with E-state index in [4.69, 9.17) is 10.6 Å². The van der Waals surface area contributed by atoms with Gasteiger partial charge in [0.15, 0.2) is 0 Å². The highest BCUT2D eigenvalue weighted by Gasteiger charge is 2.24. The van der Waals surface area contributed by atoms with E-state index in [1.54, 1.807) is 12.4 Å². The van der Waals surface area contributed by atoms with Crippen molar-refractivity contribution < 1.29 is 9.63 Å². The summed E-state index contributed by atoms with van der Waals surface area (Å²) >= 11 is 3.28. The third-order valence-corrected chi connectivity index (χ3v) is 2.68. The maximum absolute atomic E-state index is 10.5. The highest BCUT2D eigenvalue weighted by molar-refractivity contribution is 9.10. The highest BCUT2D eigenvalue weighted by atomic mass is 79.9. The molecule has 7 nitrogen and oxygen atoms in total. The molecule has 2 heterocycles. The lowest BCUT2D eigenvalue weighted by Gasteiger charge is -2.31. The first-order valence-electron chi connectivity index (χ1n) is 5.33. The van der Waals surface area contributed by atoms with Crippen molar-refractivity contribution in [3.05, 3.63) is 16.9 Å². The lowest BCUT2D eigenvalue weighted by Crippen LogP contribution is -2.48. The van der Waals surface area contributed by atoms with Crippen LogP contribution in [0.3, 0.4) is 0 Å². The van der Waals surface area contributed by atoms with Gasteiger partial charge in [-0.15, -0.1) is 0 Å². The molecule has 18 heavy (non-hydrogen) atoms. The number of hydrogen-bond donors (Lipinski definition) is 1. The van der Waals surface area contributed by atoms with Crippen LogP contribution in [-0.4, -0.2) is 41.3 Å². The molecule has 2 N–H and O–H groups in total. The standard InChI is InChI=1S/C10H12BrN5O2/c11-7-3-13-10(14-4-7)16-5-8(6-16)15-18-2-1-9(12)17/h3-4H,1-2,5-6H2,(H2,12,17). The van der Waals surface area contributed by atoms with Gasteiger partial charge in [0, 0.05) is 12.4 Å². The smallest absolute Gasteiger partial charge is 0.226 e. The maximum Gasteiger partial charge on any atom is 0.226 e. The molecule has 0 bridgehead atoms. The van der Waals surface area contributed by atoms with Crippen molar-refractivity contribution in [1.82, 2.24) is 9.97 Å². The fraction of sp³-hybridized carbons (Fsp3) is 0.400. The minimum atomic E-state index is -0.395. The number of hydrogen-bond acceptors (Lipinski definition) is 6. The van der Waals surface area contributed by atoms with Gasteiger partial charge in [-0.25, -0.2) is 9.97 Å². The van der Waals surface area contributed by atoms with Crippen molar-refractivity contribution in [3.63, 3.8) is 0 Å². The zero-order valence-corrected chi connectivity index (χ0v) is 11.1. The highest BCUT2D eigenvalue weighted by Crippen LogP contribution is 2.15. The Morgan fingerprint density at radius 2 is 2.17 bits per heavy atom. The summed E-state index contributed by atoms with van der Waals surface area (Å²) in [6, 6.07) is 0. The summed E-state index contributed by atoms with van der Waals surface area (Å²) in [5.41, 5.74) is 5.86. The number of carbonyl (C=O) groups is 1. The van der Waals surface area contributed by atoms with Crippen molar-refractivity contribution in [2.75, 3.05) is 24.6 Å². The number of amides is 1. The van der Waals surface area contributed by atoms with Crippen LogP contribution < -0.4 is 10.6 Å². The number of oxime groups is 1. The Morgan fingerprint density at radius 1 is 1.50 bits per heavy atom. The van der Waals surface area contributed by atoms with Crippen LogP contribution in [-0.2, 0) is 9.63 Å². The topological polar surface area (TPSA) is 93.7 Å². The van der Waals surface area contributed by atoms with Gasteiger partial charge in [-0.1, -0.05) is 5.16 Å². The van der Waals surface area contributed by atoms with Crippen molar-refractivity contribution in [2.24, 2.45) is 10.9 Å². The van der Waals surface area contributed by atoms with E-state index in [1.165, 1.54) is 0 Å². The second-order valence-corrected chi connectivity index (χ2v) is 4.68. The molecular weight excluding hydrogens is 302 g/mol. The lowest BCUT2D eigenvalue weighted by atomic mass is 10.2. The zero-order chi connectivity index (χ0) is 13.0. The van der Waals surface area contributed by atoms with E-state index >= 15 is 0 Å². The second-order valence-electron chi connectivity index (χ2n) is 3.76. The normalized spacial score (nSPS) is 14.1. The third-order valence-electron chi connectivity index (χ3n) is 2.27. The fourth-order valence-electron chi connectivity index (χ4n) is 1.35. The first-order valence-corrected chi connectivity index (χ1v) is 6.13. The van der Waals surface area contributed by atoms with Gasteiger partial charge in [0.05, 0.1) is 29.7 Å². The Bertz CT molecular complexity index is 454. The molecule has 1 saturated heterocycles. The van der Waals surface area contributed by atoms with E-state index in [2.05, 4.69) is 31.1 Å². The fourth-order valence-corrected chi connectivity index (χ4v) is 1.55. The van der Waals surface area contributed by atoms with Gasteiger partial charge in [-0.3, -0.25) is 4.79 Å². The Morgan fingerprint density at radius 3 is 2.78 bits per heavy atom. The Labute approximate surface area is 112 Å². The third kappa shape index (κ3) is 3.39. The number of nitrogens with zero attached hydrogens (tertiary/aromatic N) is 4. The summed E-state index contributed by atoms with van der Waals surface area (Å²) in [6.45, 7) is 1.49. The number of carbonyl (C=O) groups excluding carboxylic acids is 1. The van der Waals surface area contributed by atoms with Crippen molar-refractivity contribution in [3.8, 4) is 0 Å². The van der Waals surface area contributed by atoms with Crippen LogP contribution in [0, 0.1) is 0 Å². The zero-order valence-electron chi connectivity index (χ0n) is 9.54. The van der Waals surface area contributed by atoms with Gasteiger partial charge in [0.2, 0.25) is 11.9 Å². The van der Waals surface area contributed by atoms with Gasteiger partial charge < -0.3 is 15.5 Å². The average Bonchev–Trinajstić information content (AvgIpc) is 2.28. The predicted octanol–water partition coefficient (Wildman–Crippen LogP) is 0.307. The Balaban J connectivity index is 1.74. The van der Waals surface area contributed by atoms with Crippen LogP contribution in [0.2, 0.25) is 0 Å². The molecule has 1 amide bonds. The van der Waals surface area contributed by atoms with Gasteiger partial charge >= 0.3 is 0 Å². The van der Waals surface area contributed by atoms with Crippen molar-refractivity contribution in [1.29, 1.82) is 0 Å². The minimum Gasteiger partial charge on any atom is -0.395 e. The van der Waals surface area contributed by atoms with Crippen LogP contribution in [0.5, 0.6) is 0 Å². The van der Waals surface area contributed by atoms with Gasteiger partial charge in [-0.2, -0.15) is 0 Å². The predicted molar refractivity (Wildman–Crippen MR) is 69.1 cm³/mol. The van der Waals surface area contributed by atoms with E-state index in [0.717, 1.165) is 10.2 Å². The number of anilines is 1. The summed E-state index contributed by atoms with van der Waals surface area (Å²) in [5.74, 6) is 0.267. The summed E-state index contributed by atoms with van der Waals surface area (Å²) in [4.78, 5) is 25.7. The molecule has 96 valence electrons. The van der Waals surface area contributed by atoms with Crippen LogP contribution in [0.1, 0.15) is 6.42 Å². The van der Waals surface area contributed by atoms with E-state index in [0.29, 0.717) is 19.0 Å². The SMILES string of the molecule is NC(=O)CCON=C1CN(c2ncc(Br)cn2)C1. The number of aromatic nitrogens is 2. The van der Waals surface area contributed by atoms with Crippen molar-refractivity contribution >= 4 is 33.5 Å². The van der Waals surface area contributed by atoms with Crippen LogP contribution >= 0.6 is 15.9 Å². The number of halogens is 1. The molecule has 0 atom stereocenters. The summed E-state index contributed by atoms with van der Waals surface area (Å²) in [5, 5.41) is 3.90. The number of rotatable bonds is 5. The van der Waals surface area contributed by atoms with Crippen molar-refractivity contribution in [2.45, 2.75) is 6.42 Å². The molecule has 1 fully saturated rings. The molecule has 0 saturated carbocycles. The summed E-state index contributed by atoms with van der Waals surface area (Å²) in [7, 11) is 0. The molecule has 0 aromatic carbocycles. The van der Waals surface area contributed by atoms with Gasteiger partial charge in [0.25, 0.3) is 0 Å². The summed E-state index contributed by atoms with van der Waals surface area (Å²) in [6.07, 6.45) is 3.57. The van der Waals surface area contributed by atoms with Crippen LogP contribution in [0.25, 0.3) is 0 Å². The van der Waals surface area contributed by atoms with Gasteiger partial charge in [-0.05, 0) is 15.9 Å². The summed E-state index contributed by atoms with van der Waals surface area (Å²) < 4.78 is 0.843. The molecule has 0 aliphatic carbocycles. The number of primary amides is 1.